The topological polar surface area (TPSA) is 130 Å². The summed E-state index contributed by atoms with van der Waals surface area (Å²) in [5.41, 5.74) is 5.40. The Morgan fingerprint density at radius 3 is 2.59 bits per heavy atom. The number of rotatable bonds is 5. The Labute approximate surface area is 128 Å². The number of nitrogens with zero attached hydrogens (tertiary/aromatic N) is 4. The number of nitrogens with two attached hydrogens (primary N) is 1. The van der Waals surface area contributed by atoms with Gasteiger partial charge in [0, 0.05) is 19.6 Å². The van der Waals surface area contributed by atoms with E-state index in [0.29, 0.717) is 17.8 Å². The molecule has 2 heterocycles. The first-order valence-corrected chi connectivity index (χ1v) is 7.34. The van der Waals surface area contributed by atoms with Crippen LogP contribution >= 0.6 is 0 Å². The average Bonchev–Trinajstić information content (AvgIpc) is 2.42. The summed E-state index contributed by atoms with van der Waals surface area (Å²) in [5, 5.41) is 22.8. The number of hydrogen-bond acceptors (Lipinski definition) is 8. The van der Waals surface area contributed by atoms with Gasteiger partial charge < -0.3 is 21.1 Å². The van der Waals surface area contributed by atoms with E-state index in [1.54, 1.807) is 0 Å². The lowest BCUT2D eigenvalue weighted by Crippen LogP contribution is -2.40. The molecule has 9 heteroatoms. The number of piperidine rings is 1. The molecule has 0 aliphatic carbocycles. The number of aromatic nitrogens is 2. The second kappa shape index (κ2) is 6.73. The Hall–Kier alpha value is -2.16. The third kappa shape index (κ3) is 3.53. The molecule has 0 bridgehead atoms. The number of nitrogen functional groups attached to an aromatic ring is 1. The summed E-state index contributed by atoms with van der Waals surface area (Å²) >= 11 is 0. The minimum atomic E-state index is -0.611. The number of nitro groups is 1. The zero-order chi connectivity index (χ0) is 16.3. The lowest BCUT2D eigenvalue weighted by Gasteiger charge is -2.35. The molecule has 0 aromatic carbocycles. The van der Waals surface area contributed by atoms with Gasteiger partial charge in [0.25, 0.3) is 0 Å². The van der Waals surface area contributed by atoms with Crippen LogP contribution in [0.25, 0.3) is 0 Å². The normalized spacial score (nSPS) is 21.7. The molecule has 1 aromatic rings. The zero-order valence-corrected chi connectivity index (χ0v) is 12.8. The number of aliphatic hydroxyl groups is 1. The molecular formula is C13H22N6O3. The molecule has 2 rings (SSSR count). The zero-order valence-electron chi connectivity index (χ0n) is 12.8. The molecule has 1 saturated heterocycles. The lowest BCUT2D eigenvalue weighted by molar-refractivity contribution is -0.383. The van der Waals surface area contributed by atoms with Crippen LogP contribution in [0.3, 0.4) is 0 Å². The molecule has 1 aliphatic heterocycles. The van der Waals surface area contributed by atoms with Crippen LogP contribution in [-0.2, 0) is 0 Å². The van der Waals surface area contributed by atoms with E-state index in [4.69, 9.17) is 10.8 Å². The summed E-state index contributed by atoms with van der Waals surface area (Å²) in [6.07, 6.45) is 1.13. The Morgan fingerprint density at radius 2 is 2.05 bits per heavy atom. The molecule has 122 valence electrons. The van der Waals surface area contributed by atoms with Crippen molar-refractivity contribution in [1.82, 2.24) is 9.97 Å². The highest BCUT2D eigenvalue weighted by atomic mass is 16.6. The summed E-state index contributed by atoms with van der Waals surface area (Å²) in [6, 6.07) is 0. The molecule has 0 amide bonds. The molecule has 1 aliphatic rings. The van der Waals surface area contributed by atoms with Crippen molar-refractivity contribution in [2.75, 3.05) is 42.2 Å². The Balaban J connectivity index is 2.36. The molecule has 1 aromatic heterocycles. The monoisotopic (exact) mass is 310 g/mol. The maximum atomic E-state index is 11.1. The van der Waals surface area contributed by atoms with Crippen LogP contribution in [0.2, 0.25) is 0 Å². The number of anilines is 3. The quantitative estimate of drug-likeness (QED) is 0.539. The van der Waals surface area contributed by atoms with E-state index >= 15 is 0 Å². The maximum Gasteiger partial charge on any atom is 0.353 e. The second-order valence-corrected chi connectivity index (χ2v) is 5.86. The van der Waals surface area contributed by atoms with Gasteiger partial charge in [0.2, 0.25) is 17.6 Å². The van der Waals surface area contributed by atoms with Gasteiger partial charge in [-0.15, -0.1) is 0 Å². The van der Waals surface area contributed by atoms with Crippen LogP contribution in [0.15, 0.2) is 0 Å². The maximum absolute atomic E-state index is 11.1. The second-order valence-electron chi connectivity index (χ2n) is 5.86. The molecule has 2 unspecified atom stereocenters. The summed E-state index contributed by atoms with van der Waals surface area (Å²) in [4.78, 5) is 20.9. The van der Waals surface area contributed by atoms with Crippen molar-refractivity contribution in [1.29, 1.82) is 0 Å². The van der Waals surface area contributed by atoms with Crippen LogP contribution in [0.5, 0.6) is 0 Å². The van der Waals surface area contributed by atoms with E-state index in [0.717, 1.165) is 19.5 Å². The van der Waals surface area contributed by atoms with Crippen molar-refractivity contribution in [3.05, 3.63) is 10.1 Å². The standard InChI is InChI=1S/C13H22N6O3/c1-8-5-9(2)7-18(6-8)13-16-11(14)10(19(21)22)12(17-13)15-3-4-20/h8-9,20H,3-7H2,1-2H3,(H3,14,15,16,17). The predicted molar refractivity (Wildman–Crippen MR) is 83.8 cm³/mol. The van der Waals surface area contributed by atoms with E-state index in [1.165, 1.54) is 0 Å². The van der Waals surface area contributed by atoms with Crippen molar-refractivity contribution < 1.29 is 10.0 Å². The van der Waals surface area contributed by atoms with Crippen LogP contribution < -0.4 is 16.0 Å². The van der Waals surface area contributed by atoms with Crippen LogP contribution in [0.1, 0.15) is 20.3 Å². The molecule has 0 spiro atoms. The van der Waals surface area contributed by atoms with Crippen molar-refractivity contribution in [2.45, 2.75) is 20.3 Å². The van der Waals surface area contributed by atoms with Gasteiger partial charge in [0.05, 0.1) is 11.5 Å². The molecule has 2 atom stereocenters. The van der Waals surface area contributed by atoms with Crippen LogP contribution in [0, 0.1) is 22.0 Å². The van der Waals surface area contributed by atoms with E-state index in [1.807, 2.05) is 4.90 Å². The predicted octanol–water partition coefficient (Wildman–Crippen LogP) is 0.853. The SMILES string of the molecule is CC1CC(C)CN(c2nc(N)c([N+](=O)[O-])c(NCCO)n2)C1. The smallest absolute Gasteiger partial charge is 0.353 e. The molecule has 0 saturated carbocycles. The van der Waals surface area contributed by atoms with E-state index < -0.39 is 4.92 Å². The number of nitrogens with one attached hydrogen (secondary N) is 1. The highest BCUT2D eigenvalue weighted by Crippen LogP contribution is 2.32. The van der Waals surface area contributed by atoms with Gasteiger partial charge in [0.1, 0.15) is 0 Å². The van der Waals surface area contributed by atoms with Crippen LogP contribution in [0.4, 0.5) is 23.3 Å². The van der Waals surface area contributed by atoms with Crippen LogP contribution in [-0.4, -0.2) is 46.2 Å². The Morgan fingerprint density at radius 1 is 1.41 bits per heavy atom. The molecule has 22 heavy (non-hydrogen) atoms. The number of aliphatic hydroxyl groups excluding tert-OH is 1. The van der Waals surface area contributed by atoms with Gasteiger partial charge in [-0.25, -0.2) is 0 Å². The van der Waals surface area contributed by atoms with Crippen molar-refractivity contribution in [3.8, 4) is 0 Å². The van der Waals surface area contributed by atoms with E-state index in [9.17, 15) is 10.1 Å². The fourth-order valence-corrected chi connectivity index (χ4v) is 2.91. The van der Waals surface area contributed by atoms with Crippen molar-refractivity contribution >= 4 is 23.3 Å². The minimum absolute atomic E-state index is 0.0485. The average molecular weight is 310 g/mol. The summed E-state index contributed by atoms with van der Waals surface area (Å²) < 4.78 is 0. The van der Waals surface area contributed by atoms with E-state index in [-0.39, 0.29) is 30.5 Å². The van der Waals surface area contributed by atoms with Crippen molar-refractivity contribution in [2.24, 2.45) is 11.8 Å². The fourth-order valence-electron chi connectivity index (χ4n) is 2.91. The highest BCUT2D eigenvalue weighted by Gasteiger charge is 2.28. The largest absolute Gasteiger partial charge is 0.395 e. The minimum Gasteiger partial charge on any atom is -0.395 e. The van der Waals surface area contributed by atoms with Gasteiger partial charge in [-0.2, -0.15) is 9.97 Å². The molecular weight excluding hydrogens is 288 g/mol. The first-order chi connectivity index (χ1) is 10.4. The van der Waals surface area contributed by atoms with Gasteiger partial charge >= 0.3 is 5.69 Å². The Kier molecular flexibility index (Phi) is 4.96. The Bertz CT molecular complexity index is 543. The third-order valence-corrected chi connectivity index (χ3v) is 3.64. The van der Waals surface area contributed by atoms with E-state index in [2.05, 4.69) is 29.1 Å². The number of hydrogen-bond donors (Lipinski definition) is 3. The molecule has 9 nitrogen and oxygen atoms in total. The summed E-state index contributed by atoms with van der Waals surface area (Å²) in [7, 11) is 0. The van der Waals surface area contributed by atoms with Gasteiger partial charge in [0.15, 0.2) is 0 Å². The van der Waals surface area contributed by atoms with Gasteiger partial charge in [-0.3, -0.25) is 10.1 Å². The fraction of sp³-hybridized carbons (Fsp3) is 0.692. The van der Waals surface area contributed by atoms with Crippen molar-refractivity contribution in [3.63, 3.8) is 0 Å². The molecule has 0 radical (unpaired) electrons. The van der Waals surface area contributed by atoms with Gasteiger partial charge in [-0.1, -0.05) is 13.8 Å². The first-order valence-electron chi connectivity index (χ1n) is 7.34. The third-order valence-electron chi connectivity index (χ3n) is 3.64. The summed E-state index contributed by atoms with van der Waals surface area (Å²) in [5.74, 6) is 1.27. The summed E-state index contributed by atoms with van der Waals surface area (Å²) in [6.45, 7) is 5.89. The van der Waals surface area contributed by atoms with Gasteiger partial charge in [-0.05, 0) is 18.3 Å². The highest BCUT2D eigenvalue weighted by molar-refractivity contribution is 5.70. The molecule has 4 N–H and O–H groups in total. The molecule has 1 fully saturated rings. The first kappa shape index (κ1) is 16.2. The lowest BCUT2D eigenvalue weighted by atomic mass is 9.92.